The van der Waals surface area contributed by atoms with E-state index in [0.29, 0.717) is 44.9 Å². The van der Waals surface area contributed by atoms with E-state index >= 15 is 0 Å². The van der Waals surface area contributed by atoms with Crippen LogP contribution in [0.15, 0.2) is 0 Å². The summed E-state index contributed by atoms with van der Waals surface area (Å²) in [5.74, 6) is -1.23. The van der Waals surface area contributed by atoms with Crippen LogP contribution in [-0.2, 0) is 52.5 Å². The van der Waals surface area contributed by atoms with Crippen molar-refractivity contribution in [1.29, 1.82) is 0 Å². The Labute approximate surface area is 399 Å². The van der Waals surface area contributed by atoms with E-state index in [9.17, 15) is 44.1 Å². The molecule has 20 heteroatoms. The van der Waals surface area contributed by atoms with E-state index < -0.39 is 48.7 Å². The molecule has 1 heterocycles. The molecule has 9 atom stereocenters. The fourth-order valence-corrected chi connectivity index (χ4v) is 6.87. The van der Waals surface area contributed by atoms with E-state index in [4.69, 9.17) is 23.7 Å². The van der Waals surface area contributed by atoms with Gasteiger partial charge in [0.2, 0.25) is 35.4 Å². The quantitative estimate of drug-likeness (QED) is 0.0400. The molecule has 1 fully saturated rings. The smallest absolute Gasteiger partial charge is 0.222 e. The summed E-state index contributed by atoms with van der Waals surface area (Å²) in [6.45, 7) is 18.6. The SMILES string of the molecule is CCCNC(=O)CCCC(=O)NC(COCCC(=O)NCC(C)CC)(COCCC(=O)NCC(CC)CC(C)COC1OC(CO)C(O)C(O)C1NC(C)=O)COCCC(=O)NCC(C)(C)C. The van der Waals surface area contributed by atoms with Gasteiger partial charge in [0.1, 0.15) is 29.9 Å². The minimum atomic E-state index is -1.42. The molecule has 390 valence electrons. The summed E-state index contributed by atoms with van der Waals surface area (Å²) < 4.78 is 29.7. The number of carbonyl (C=O) groups is 6. The van der Waals surface area contributed by atoms with Crippen molar-refractivity contribution in [3.05, 3.63) is 0 Å². The maximum absolute atomic E-state index is 13.5. The van der Waals surface area contributed by atoms with Gasteiger partial charge in [-0.1, -0.05) is 68.2 Å². The van der Waals surface area contributed by atoms with Gasteiger partial charge < -0.3 is 70.9 Å². The van der Waals surface area contributed by atoms with Crippen LogP contribution < -0.4 is 31.9 Å². The molecule has 67 heavy (non-hydrogen) atoms. The molecule has 0 saturated carbocycles. The topological polar surface area (TPSA) is 281 Å². The van der Waals surface area contributed by atoms with Gasteiger partial charge in [0.25, 0.3) is 0 Å². The van der Waals surface area contributed by atoms with E-state index in [1.807, 2.05) is 55.4 Å². The summed E-state index contributed by atoms with van der Waals surface area (Å²) in [5, 5.41) is 47.6. The summed E-state index contributed by atoms with van der Waals surface area (Å²) >= 11 is 0. The van der Waals surface area contributed by atoms with E-state index in [1.54, 1.807) is 0 Å². The molecule has 0 spiro atoms. The Morgan fingerprint density at radius 3 is 1.73 bits per heavy atom. The number of carbonyl (C=O) groups excluding carboxylic acids is 6. The summed E-state index contributed by atoms with van der Waals surface area (Å²) in [7, 11) is 0. The number of aliphatic hydroxyl groups excluding tert-OH is 3. The van der Waals surface area contributed by atoms with Crippen LogP contribution in [0.2, 0.25) is 0 Å². The molecule has 20 nitrogen and oxygen atoms in total. The lowest BCUT2D eigenvalue weighted by atomic mass is 9.93. The number of hydrogen-bond donors (Lipinski definition) is 9. The number of hydrogen-bond acceptors (Lipinski definition) is 14. The third-order valence-electron chi connectivity index (χ3n) is 11.2. The summed E-state index contributed by atoms with van der Waals surface area (Å²) in [4.78, 5) is 75.7. The number of ether oxygens (including phenoxy) is 5. The highest BCUT2D eigenvalue weighted by Gasteiger charge is 2.45. The lowest BCUT2D eigenvalue weighted by molar-refractivity contribution is -0.272. The van der Waals surface area contributed by atoms with Gasteiger partial charge in [-0.2, -0.15) is 0 Å². The highest BCUT2D eigenvalue weighted by Crippen LogP contribution is 2.24. The van der Waals surface area contributed by atoms with Crippen LogP contribution in [-0.4, -0.2) is 166 Å². The first-order chi connectivity index (χ1) is 31.7. The Morgan fingerprint density at radius 1 is 0.687 bits per heavy atom. The third-order valence-corrected chi connectivity index (χ3v) is 11.2. The molecule has 0 aromatic heterocycles. The molecule has 6 amide bonds. The molecule has 1 saturated heterocycles. The van der Waals surface area contributed by atoms with Crippen LogP contribution in [0.3, 0.4) is 0 Å². The Hall–Kier alpha value is -3.50. The van der Waals surface area contributed by atoms with Crippen molar-refractivity contribution in [1.82, 2.24) is 31.9 Å². The number of amides is 6. The Kier molecular flexibility index (Phi) is 31.1. The largest absolute Gasteiger partial charge is 0.394 e. The lowest BCUT2D eigenvalue weighted by Gasteiger charge is -2.42. The normalized spacial score (nSPS) is 20.7. The van der Waals surface area contributed by atoms with Gasteiger partial charge in [-0.05, 0) is 42.4 Å². The highest BCUT2D eigenvalue weighted by atomic mass is 16.7. The van der Waals surface area contributed by atoms with Gasteiger partial charge in [-0.3, -0.25) is 28.8 Å². The van der Waals surface area contributed by atoms with Gasteiger partial charge in [0, 0.05) is 65.2 Å². The molecular weight excluding hydrogens is 873 g/mol. The molecule has 1 rings (SSSR count). The first kappa shape index (κ1) is 61.5. The van der Waals surface area contributed by atoms with Crippen molar-refractivity contribution >= 4 is 35.4 Å². The van der Waals surface area contributed by atoms with Gasteiger partial charge in [-0.25, -0.2) is 0 Å². The molecule has 0 radical (unpaired) electrons. The minimum Gasteiger partial charge on any atom is -0.394 e. The summed E-state index contributed by atoms with van der Waals surface area (Å²) in [6.07, 6.45) is -1.26. The van der Waals surface area contributed by atoms with Crippen molar-refractivity contribution in [2.75, 3.05) is 79.0 Å². The zero-order valence-electron chi connectivity index (χ0n) is 42.0. The predicted molar refractivity (Wildman–Crippen MR) is 251 cm³/mol. The standard InChI is InChI=1S/C47H88N6O14/c1-10-19-48-37(56)14-13-15-41(60)53-47(29-63-20-16-38(57)49-24-32(4)11-2,31-65-22-18-40(59)51-28-46(7,8)9)30-64-21-17-39(58)50-25-35(12-3)23-33(5)27-66-45-42(52-34(6)55)44(62)43(61)36(26-54)67-45/h32-33,35-36,42-45,54,61-62H,10-31H2,1-9H3,(H,48,56)(H,49,57)(H,50,58)(H,51,59)(H,52,55)(H,53,60). The zero-order chi connectivity index (χ0) is 50.4. The zero-order valence-corrected chi connectivity index (χ0v) is 42.0. The molecule has 9 unspecified atom stereocenters. The molecule has 9 N–H and O–H groups in total. The van der Waals surface area contributed by atoms with Crippen LogP contribution in [0.4, 0.5) is 0 Å². The second kappa shape index (κ2) is 33.9. The maximum atomic E-state index is 13.5. The molecular formula is C47H88N6O14. The summed E-state index contributed by atoms with van der Waals surface area (Å²) in [6, 6.07) is -1.05. The fraction of sp³-hybridized carbons (Fsp3) is 0.872. The van der Waals surface area contributed by atoms with Gasteiger partial charge in [-0.15, -0.1) is 0 Å². The predicted octanol–water partition coefficient (Wildman–Crippen LogP) is 1.21. The number of nitrogens with one attached hydrogen (secondary N) is 6. The summed E-state index contributed by atoms with van der Waals surface area (Å²) in [5.41, 5.74) is -1.38. The molecule has 1 aliphatic rings. The van der Waals surface area contributed by atoms with Gasteiger partial charge >= 0.3 is 0 Å². The average molecular weight is 961 g/mol. The van der Waals surface area contributed by atoms with Crippen molar-refractivity contribution in [3.63, 3.8) is 0 Å². The van der Waals surface area contributed by atoms with E-state index in [-0.39, 0.29) is 125 Å². The molecule has 0 aromatic carbocycles. The van der Waals surface area contributed by atoms with Crippen LogP contribution in [0.5, 0.6) is 0 Å². The minimum absolute atomic E-state index is 0.00176. The van der Waals surface area contributed by atoms with Crippen LogP contribution in [0, 0.1) is 23.2 Å². The second-order valence-electron chi connectivity index (χ2n) is 19.3. The fourth-order valence-electron chi connectivity index (χ4n) is 6.87. The molecule has 0 aliphatic carbocycles. The average Bonchev–Trinajstić information content (AvgIpc) is 3.28. The van der Waals surface area contributed by atoms with Crippen LogP contribution >= 0.6 is 0 Å². The second-order valence-corrected chi connectivity index (χ2v) is 19.3. The highest BCUT2D eigenvalue weighted by molar-refractivity contribution is 5.79. The van der Waals surface area contributed by atoms with E-state index in [2.05, 4.69) is 31.9 Å². The van der Waals surface area contributed by atoms with Crippen LogP contribution in [0.25, 0.3) is 0 Å². The van der Waals surface area contributed by atoms with Crippen molar-refractivity contribution < 1.29 is 67.8 Å². The van der Waals surface area contributed by atoms with Gasteiger partial charge in [0.05, 0.1) is 52.9 Å². The monoisotopic (exact) mass is 961 g/mol. The Balaban J connectivity index is 2.97. The first-order valence-electron chi connectivity index (χ1n) is 24.3. The molecule has 0 bridgehead atoms. The van der Waals surface area contributed by atoms with Gasteiger partial charge in [0.15, 0.2) is 6.29 Å². The number of rotatable bonds is 36. The van der Waals surface area contributed by atoms with E-state index in [0.717, 1.165) is 19.3 Å². The third kappa shape index (κ3) is 27.9. The maximum Gasteiger partial charge on any atom is 0.222 e. The first-order valence-corrected chi connectivity index (χ1v) is 24.3. The molecule has 0 aromatic rings. The van der Waals surface area contributed by atoms with Crippen molar-refractivity contribution in [3.8, 4) is 0 Å². The van der Waals surface area contributed by atoms with Crippen LogP contribution in [0.1, 0.15) is 127 Å². The Bertz CT molecular complexity index is 1450. The van der Waals surface area contributed by atoms with E-state index in [1.165, 1.54) is 6.92 Å². The van der Waals surface area contributed by atoms with Crippen molar-refractivity contribution in [2.45, 2.75) is 163 Å². The lowest BCUT2D eigenvalue weighted by Crippen LogP contribution is -2.64. The Morgan fingerprint density at radius 2 is 1.22 bits per heavy atom. The number of aliphatic hydroxyl groups is 3. The van der Waals surface area contributed by atoms with Crippen molar-refractivity contribution in [2.24, 2.45) is 23.2 Å². The molecule has 1 aliphatic heterocycles.